The van der Waals surface area contributed by atoms with E-state index in [0.717, 1.165) is 5.57 Å². The second-order valence-corrected chi connectivity index (χ2v) is 2.95. The summed E-state index contributed by atoms with van der Waals surface area (Å²) in [5.74, 6) is 0. The molecule has 1 heterocycles. The van der Waals surface area contributed by atoms with Crippen LogP contribution < -0.4 is 5.32 Å². The number of aromatic nitrogens is 2. The molecule has 0 bridgehead atoms. The van der Waals surface area contributed by atoms with Crippen molar-refractivity contribution in [3.63, 3.8) is 0 Å². The van der Waals surface area contributed by atoms with Gasteiger partial charge in [0.05, 0.1) is 0 Å². The van der Waals surface area contributed by atoms with Crippen LogP contribution in [0, 0.1) is 0 Å². The number of nitrogens with zero attached hydrogens (tertiary/aromatic N) is 2. The minimum atomic E-state index is 0.600. The highest BCUT2D eigenvalue weighted by Crippen LogP contribution is 1.86. The lowest BCUT2D eigenvalue weighted by atomic mass is 10.3. The molecule has 0 aliphatic carbocycles. The summed E-state index contributed by atoms with van der Waals surface area (Å²) in [5.41, 5.74) is 1.05. The van der Waals surface area contributed by atoms with Gasteiger partial charge in [0.15, 0.2) is 5.11 Å². The maximum absolute atomic E-state index is 5.04. The lowest BCUT2D eigenvalue weighted by Crippen LogP contribution is -2.29. The summed E-state index contributed by atoms with van der Waals surface area (Å²) < 4.78 is 1.61. The van der Waals surface area contributed by atoms with E-state index >= 15 is 0 Å². The van der Waals surface area contributed by atoms with Crippen molar-refractivity contribution >= 4 is 17.3 Å². The maximum Gasteiger partial charge on any atom is 0.194 e. The number of hydrogen-bond donors (Lipinski definition) is 1. The molecule has 0 atom stereocenters. The standard InChI is InChI=1S/C8H11N3S/c1-7(2)6-9-8(12)11-5-3-4-10-11/h3-5H,1,6H2,2H3,(H,9,12). The predicted octanol–water partition coefficient (Wildman–Crippen LogP) is 1.18. The first-order chi connectivity index (χ1) is 5.70. The van der Waals surface area contributed by atoms with Crippen LogP contribution in [0.1, 0.15) is 6.92 Å². The molecular weight excluding hydrogens is 170 g/mol. The number of rotatable bonds is 2. The van der Waals surface area contributed by atoms with Crippen molar-refractivity contribution < 1.29 is 0 Å². The van der Waals surface area contributed by atoms with Crippen molar-refractivity contribution in [3.8, 4) is 0 Å². The SMILES string of the molecule is C=C(C)CNC(=S)n1cccn1. The molecule has 0 radical (unpaired) electrons. The summed E-state index contributed by atoms with van der Waals surface area (Å²) >= 11 is 5.04. The molecule has 0 aromatic carbocycles. The van der Waals surface area contributed by atoms with Gasteiger partial charge in [0, 0.05) is 18.9 Å². The molecule has 0 unspecified atom stereocenters. The second kappa shape index (κ2) is 4.01. The average Bonchev–Trinajstić information content (AvgIpc) is 2.51. The Hall–Kier alpha value is -1.16. The molecule has 3 nitrogen and oxygen atoms in total. The van der Waals surface area contributed by atoms with Gasteiger partial charge in [-0.1, -0.05) is 12.2 Å². The van der Waals surface area contributed by atoms with Gasteiger partial charge < -0.3 is 5.32 Å². The molecule has 0 aliphatic rings. The van der Waals surface area contributed by atoms with Crippen LogP contribution in [0.3, 0.4) is 0 Å². The molecule has 4 heteroatoms. The van der Waals surface area contributed by atoms with Gasteiger partial charge in [-0.15, -0.1) is 0 Å². The Bertz CT molecular complexity index is 277. The van der Waals surface area contributed by atoms with Crippen LogP contribution in [0.25, 0.3) is 0 Å². The van der Waals surface area contributed by atoms with Gasteiger partial charge in [-0.2, -0.15) is 5.10 Å². The van der Waals surface area contributed by atoms with Gasteiger partial charge in [-0.3, -0.25) is 0 Å². The molecule has 1 aromatic rings. The Morgan fingerprint density at radius 1 is 1.75 bits per heavy atom. The van der Waals surface area contributed by atoms with Crippen molar-refractivity contribution in [1.82, 2.24) is 15.1 Å². The number of thiocarbonyl (C=S) groups is 1. The molecule has 1 rings (SSSR count). The molecule has 0 saturated carbocycles. The summed E-state index contributed by atoms with van der Waals surface area (Å²) in [5, 5.41) is 7.59. The van der Waals surface area contributed by atoms with E-state index in [1.54, 1.807) is 17.1 Å². The van der Waals surface area contributed by atoms with Gasteiger partial charge in [-0.25, -0.2) is 4.68 Å². The van der Waals surface area contributed by atoms with Crippen LogP contribution in [0.5, 0.6) is 0 Å². The fraction of sp³-hybridized carbons (Fsp3) is 0.250. The lowest BCUT2D eigenvalue weighted by Gasteiger charge is -2.06. The molecule has 12 heavy (non-hydrogen) atoms. The Morgan fingerprint density at radius 2 is 2.50 bits per heavy atom. The van der Waals surface area contributed by atoms with Crippen molar-refractivity contribution in [2.75, 3.05) is 6.54 Å². The van der Waals surface area contributed by atoms with Crippen LogP contribution in [0.2, 0.25) is 0 Å². The van der Waals surface area contributed by atoms with Crippen molar-refractivity contribution in [1.29, 1.82) is 0 Å². The van der Waals surface area contributed by atoms with E-state index in [1.165, 1.54) is 0 Å². The molecule has 0 aliphatic heterocycles. The Balaban J connectivity index is 2.45. The Morgan fingerprint density at radius 3 is 3.00 bits per heavy atom. The Labute approximate surface area is 77.1 Å². The highest BCUT2D eigenvalue weighted by molar-refractivity contribution is 7.80. The van der Waals surface area contributed by atoms with Crippen molar-refractivity contribution in [3.05, 3.63) is 30.6 Å². The van der Waals surface area contributed by atoms with E-state index in [9.17, 15) is 0 Å². The summed E-state index contributed by atoms with van der Waals surface area (Å²) in [4.78, 5) is 0. The zero-order valence-corrected chi connectivity index (χ0v) is 7.77. The molecule has 64 valence electrons. The van der Waals surface area contributed by atoms with E-state index in [0.29, 0.717) is 11.7 Å². The van der Waals surface area contributed by atoms with E-state index in [2.05, 4.69) is 17.0 Å². The third kappa shape index (κ3) is 2.47. The molecule has 0 spiro atoms. The highest BCUT2D eigenvalue weighted by atomic mass is 32.1. The van der Waals surface area contributed by atoms with E-state index in [-0.39, 0.29) is 0 Å². The average molecular weight is 181 g/mol. The largest absolute Gasteiger partial charge is 0.357 e. The van der Waals surface area contributed by atoms with Crippen molar-refractivity contribution in [2.45, 2.75) is 6.92 Å². The summed E-state index contributed by atoms with van der Waals surface area (Å²) in [6.45, 7) is 6.39. The fourth-order valence-electron chi connectivity index (χ4n) is 0.696. The van der Waals surface area contributed by atoms with E-state index in [1.807, 2.05) is 13.0 Å². The minimum Gasteiger partial charge on any atom is -0.357 e. The van der Waals surface area contributed by atoms with Gasteiger partial charge in [0.1, 0.15) is 0 Å². The quantitative estimate of drug-likeness (QED) is 0.549. The number of hydrogen-bond acceptors (Lipinski definition) is 2. The third-order valence-electron chi connectivity index (χ3n) is 1.25. The monoisotopic (exact) mass is 181 g/mol. The van der Waals surface area contributed by atoms with Gasteiger partial charge in [0.25, 0.3) is 0 Å². The van der Waals surface area contributed by atoms with E-state index in [4.69, 9.17) is 12.2 Å². The first kappa shape index (κ1) is 8.93. The third-order valence-corrected chi connectivity index (χ3v) is 1.59. The maximum atomic E-state index is 5.04. The van der Waals surface area contributed by atoms with Crippen LogP contribution in [-0.2, 0) is 0 Å². The molecule has 1 aromatic heterocycles. The molecular formula is C8H11N3S. The van der Waals surface area contributed by atoms with Crippen LogP contribution in [0.15, 0.2) is 30.6 Å². The fourth-order valence-corrected chi connectivity index (χ4v) is 0.877. The van der Waals surface area contributed by atoms with Crippen molar-refractivity contribution in [2.24, 2.45) is 0 Å². The molecule has 1 N–H and O–H groups in total. The first-order valence-electron chi connectivity index (χ1n) is 3.62. The minimum absolute atomic E-state index is 0.600. The first-order valence-corrected chi connectivity index (χ1v) is 4.03. The second-order valence-electron chi connectivity index (χ2n) is 2.57. The summed E-state index contributed by atoms with van der Waals surface area (Å²) in [7, 11) is 0. The highest BCUT2D eigenvalue weighted by Gasteiger charge is 1.96. The Kier molecular flexibility index (Phi) is 2.99. The summed E-state index contributed by atoms with van der Waals surface area (Å²) in [6, 6.07) is 1.83. The summed E-state index contributed by atoms with van der Waals surface area (Å²) in [6.07, 6.45) is 3.49. The smallest absolute Gasteiger partial charge is 0.194 e. The van der Waals surface area contributed by atoms with Gasteiger partial charge in [-0.05, 0) is 25.2 Å². The van der Waals surface area contributed by atoms with Crippen LogP contribution >= 0.6 is 12.2 Å². The lowest BCUT2D eigenvalue weighted by molar-refractivity contribution is 0.868. The molecule has 0 amide bonds. The number of nitrogens with one attached hydrogen (secondary N) is 1. The van der Waals surface area contributed by atoms with Crippen LogP contribution in [0.4, 0.5) is 0 Å². The van der Waals surface area contributed by atoms with E-state index < -0.39 is 0 Å². The van der Waals surface area contributed by atoms with Crippen LogP contribution in [-0.4, -0.2) is 21.4 Å². The van der Waals surface area contributed by atoms with Gasteiger partial charge in [0.2, 0.25) is 0 Å². The zero-order valence-electron chi connectivity index (χ0n) is 6.95. The topological polar surface area (TPSA) is 29.9 Å². The zero-order chi connectivity index (χ0) is 8.97. The molecule has 0 saturated heterocycles. The molecule has 0 fully saturated rings. The normalized spacial score (nSPS) is 9.42. The predicted molar refractivity (Wildman–Crippen MR) is 53.0 cm³/mol. The van der Waals surface area contributed by atoms with Gasteiger partial charge >= 0.3 is 0 Å².